The Morgan fingerprint density at radius 1 is 1.11 bits per heavy atom. The number of hydrazine groups is 1. The minimum Gasteiger partial charge on any atom is -0.281 e. The van der Waals surface area contributed by atoms with E-state index in [0.29, 0.717) is 11.4 Å². The number of aromatic nitrogens is 2. The molecule has 1 N–H and O–H groups in total. The highest BCUT2D eigenvalue weighted by Crippen LogP contribution is 2.28. The Labute approximate surface area is 161 Å². The monoisotopic (exact) mass is 376 g/mol. The van der Waals surface area contributed by atoms with Crippen LogP contribution in [0.25, 0.3) is 10.2 Å². The highest BCUT2D eigenvalue weighted by molar-refractivity contribution is 7.20. The van der Waals surface area contributed by atoms with Crippen LogP contribution >= 0.6 is 11.3 Å². The van der Waals surface area contributed by atoms with E-state index in [0.717, 1.165) is 27.2 Å². The molecule has 0 radical (unpaired) electrons. The molecule has 0 atom stereocenters. The van der Waals surface area contributed by atoms with E-state index in [-0.39, 0.29) is 5.91 Å². The van der Waals surface area contributed by atoms with Crippen molar-refractivity contribution in [1.82, 2.24) is 15.2 Å². The molecule has 27 heavy (non-hydrogen) atoms. The molecule has 136 valence electrons. The number of nitrogens with zero attached hydrogens (tertiary/aromatic N) is 3. The van der Waals surface area contributed by atoms with Gasteiger partial charge in [0.25, 0.3) is 5.91 Å². The molecule has 4 rings (SSSR count). The van der Waals surface area contributed by atoms with Crippen molar-refractivity contribution in [2.75, 3.05) is 5.01 Å². The van der Waals surface area contributed by atoms with Crippen molar-refractivity contribution < 1.29 is 4.79 Å². The van der Waals surface area contributed by atoms with Gasteiger partial charge in [-0.05, 0) is 30.7 Å². The maximum atomic E-state index is 12.9. The molecule has 0 bridgehead atoms. The number of benzene rings is 2. The molecule has 0 fully saturated rings. The third-order valence-electron chi connectivity index (χ3n) is 4.41. The highest BCUT2D eigenvalue weighted by atomic mass is 32.1. The minimum absolute atomic E-state index is 0.115. The van der Waals surface area contributed by atoms with Crippen molar-refractivity contribution >= 4 is 33.1 Å². The summed E-state index contributed by atoms with van der Waals surface area (Å²) < 4.78 is 1.82. The maximum absolute atomic E-state index is 12.9. The van der Waals surface area contributed by atoms with Crippen LogP contribution in [0.3, 0.4) is 0 Å². The number of carbonyl (C=O) groups is 1. The van der Waals surface area contributed by atoms with Crippen molar-refractivity contribution in [2.24, 2.45) is 7.05 Å². The standard InChI is InChI=1S/C21H20N4OS/c1-15-18-13-19(27-21(18)24(2)22-15)20(26)23-25(17-11-7-4-8-12-17)14-16-9-5-3-6-10-16/h3-13H,14H2,1-2H3,(H,23,26). The number of hydrogen-bond acceptors (Lipinski definition) is 4. The zero-order valence-corrected chi connectivity index (χ0v) is 16.0. The highest BCUT2D eigenvalue weighted by Gasteiger charge is 2.18. The van der Waals surface area contributed by atoms with E-state index in [4.69, 9.17) is 0 Å². The van der Waals surface area contributed by atoms with Crippen LogP contribution in [-0.4, -0.2) is 15.7 Å². The van der Waals surface area contributed by atoms with E-state index in [9.17, 15) is 4.79 Å². The van der Waals surface area contributed by atoms with Gasteiger partial charge in [-0.3, -0.25) is 19.9 Å². The first-order valence-corrected chi connectivity index (χ1v) is 9.54. The van der Waals surface area contributed by atoms with Crippen LogP contribution in [0.2, 0.25) is 0 Å². The zero-order chi connectivity index (χ0) is 18.8. The molecule has 0 saturated carbocycles. The van der Waals surface area contributed by atoms with Gasteiger partial charge >= 0.3 is 0 Å². The molecule has 4 aromatic rings. The predicted molar refractivity (Wildman–Crippen MR) is 110 cm³/mol. The number of rotatable bonds is 5. The van der Waals surface area contributed by atoms with Crippen LogP contribution in [0.1, 0.15) is 20.9 Å². The third-order valence-corrected chi connectivity index (χ3v) is 5.61. The number of nitrogens with one attached hydrogen (secondary N) is 1. The SMILES string of the molecule is Cc1nn(C)c2sc(C(=O)NN(Cc3ccccc3)c3ccccc3)cc12. The van der Waals surface area contributed by atoms with Crippen LogP contribution in [-0.2, 0) is 13.6 Å². The quantitative estimate of drug-likeness (QED) is 0.529. The molecular weight excluding hydrogens is 356 g/mol. The van der Waals surface area contributed by atoms with Crippen molar-refractivity contribution in [3.63, 3.8) is 0 Å². The number of fused-ring (bicyclic) bond motifs is 1. The lowest BCUT2D eigenvalue weighted by Gasteiger charge is -2.25. The first kappa shape index (κ1) is 17.3. The molecule has 5 nitrogen and oxygen atoms in total. The average Bonchev–Trinajstić information content (AvgIpc) is 3.24. The lowest BCUT2D eigenvalue weighted by atomic mass is 10.2. The number of thiophene rings is 1. The smallest absolute Gasteiger partial charge is 0.279 e. The summed E-state index contributed by atoms with van der Waals surface area (Å²) in [6.07, 6.45) is 0. The number of aryl methyl sites for hydroxylation is 2. The maximum Gasteiger partial charge on any atom is 0.279 e. The molecule has 0 aliphatic rings. The molecule has 0 aliphatic carbocycles. The van der Waals surface area contributed by atoms with Gasteiger partial charge in [0.15, 0.2) is 0 Å². The zero-order valence-electron chi connectivity index (χ0n) is 15.2. The van der Waals surface area contributed by atoms with Crippen LogP contribution in [0.5, 0.6) is 0 Å². The summed E-state index contributed by atoms with van der Waals surface area (Å²) in [5.74, 6) is -0.115. The molecule has 1 amide bonds. The lowest BCUT2D eigenvalue weighted by molar-refractivity contribution is 0.0952. The Morgan fingerprint density at radius 3 is 2.44 bits per heavy atom. The average molecular weight is 376 g/mol. The number of hydrogen-bond donors (Lipinski definition) is 1. The summed E-state index contributed by atoms with van der Waals surface area (Å²) in [6.45, 7) is 2.55. The van der Waals surface area contributed by atoms with Crippen LogP contribution < -0.4 is 10.4 Å². The van der Waals surface area contributed by atoms with Crippen LogP contribution in [0.4, 0.5) is 5.69 Å². The van der Waals surface area contributed by atoms with Gasteiger partial charge in [-0.15, -0.1) is 11.3 Å². The van der Waals surface area contributed by atoms with Gasteiger partial charge in [-0.1, -0.05) is 48.5 Å². The second-order valence-electron chi connectivity index (χ2n) is 6.39. The van der Waals surface area contributed by atoms with Crippen molar-refractivity contribution in [1.29, 1.82) is 0 Å². The second-order valence-corrected chi connectivity index (χ2v) is 7.42. The first-order valence-electron chi connectivity index (χ1n) is 8.72. The van der Waals surface area contributed by atoms with Crippen LogP contribution in [0, 0.1) is 6.92 Å². The molecule has 0 spiro atoms. The van der Waals surface area contributed by atoms with Crippen molar-refractivity contribution in [2.45, 2.75) is 13.5 Å². The number of amides is 1. The van der Waals surface area contributed by atoms with Crippen LogP contribution in [0.15, 0.2) is 66.7 Å². The van der Waals surface area contributed by atoms with Gasteiger partial charge in [0.1, 0.15) is 4.83 Å². The Hall–Kier alpha value is -3.12. The largest absolute Gasteiger partial charge is 0.281 e. The summed E-state index contributed by atoms with van der Waals surface area (Å²) in [4.78, 5) is 14.6. The van der Waals surface area contributed by atoms with Gasteiger partial charge in [0.05, 0.1) is 22.8 Å². The van der Waals surface area contributed by atoms with Gasteiger partial charge in [-0.2, -0.15) is 5.10 Å². The molecule has 2 aromatic heterocycles. The lowest BCUT2D eigenvalue weighted by Crippen LogP contribution is -2.41. The number of para-hydroxylation sites is 1. The molecule has 0 unspecified atom stereocenters. The van der Waals surface area contributed by atoms with Gasteiger partial charge in [-0.25, -0.2) is 0 Å². The molecule has 2 aromatic carbocycles. The van der Waals surface area contributed by atoms with E-state index in [1.807, 2.05) is 78.3 Å². The minimum atomic E-state index is -0.115. The number of carbonyl (C=O) groups excluding carboxylic acids is 1. The fourth-order valence-corrected chi connectivity index (χ4v) is 4.08. The summed E-state index contributed by atoms with van der Waals surface area (Å²) in [6, 6.07) is 21.9. The molecule has 0 saturated heterocycles. The Morgan fingerprint density at radius 2 is 1.78 bits per heavy atom. The summed E-state index contributed by atoms with van der Waals surface area (Å²) >= 11 is 1.46. The van der Waals surface area contributed by atoms with Gasteiger partial charge in [0.2, 0.25) is 0 Å². The van der Waals surface area contributed by atoms with E-state index in [2.05, 4.69) is 22.7 Å². The summed E-state index contributed by atoms with van der Waals surface area (Å²) in [5.41, 5.74) is 6.06. The van der Waals surface area contributed by atoms with Crippen molar-refractivity contribution in [3.8, 4) is 0 Å². The van der Waals surface area contributed by atoms with E-state index in [1.165, 1.54) is 11.3 Å². The molecule has 6 heteroatoms. The Bertz CT molecular complexity index is 1040. The first-order chi connectivity index (χ1) is 13.1. The van der Waals surface area contributed by atoms with E-state index in [1.54, 1.807) is 0 Å². The fourth-order valence-electron chi connectivity index (χ4n) is 3.06. The van der Waals surface area contributed by atoms with E-state index >= 15 is 0 Å². The predicted octanol–water partition coefficient (Wildman–Crippen LogP) is 4.29. The Balaban J connectivity index is 1.61. The van der Waals surface area contributed by atoms with Crippen molar-refractivity contribution in [3.05, 3.63) is 82.9 Å². The summed E-state index contributed by atoms with van der Waals surface area (Å²) in [5, 5.41) is 7.31. The third kappa shape index (κ3) is 3.57. The molecular formula is C21H20N4OS. The van der Waals surface area contributed by atoms with E-state index < -0.39 is 0 Å². The van der Waals surface area contributed by atoms with Gasteiger partial charge in [0, 0.05) is 12.4 Å². The Kier molecular flexibility index (Phi) is 4.64. The topological polar surface area (TPSA) is 50.2 Å². The van der Waals surface area contributed by atoms with Gasteiger partial charge < -0.3 is 0 Å². The normalized spacial score (nSPS) is 10.9. The molecule has 0 aliphatic heterocycles. The molecule has 2 heterocycles. The second kappa shape index (κ2) is 7.25. The number of anilines is 1. The summed E-state index contributed by atoms with van der Waals surface area (Å²) in [7, 11) is 1.90. The fraction of sp³-hybridized carbons (Fsp3) is 0.143.